The van der Waals surface area contributed by atoms with Crippen LogP contribution < -0.4 is 10.5 Å². The topological polar surface area (TPSA) is 103 Å². The highest BCUT2D eigenvalue weighted by Crippen LogP contribution is 2.24. The van der Waals surface area contributed by atoms with E-state index >= 15 is 0 Å². The quantitative estimate of drug-likeness (QED) is 0.776. The van der Waals surface area contributed by atoms with Crippen LogP contribution in [0.4, 0.5) is 5.13 Å². The summed E-state index contributed by atoms with van der Waals surface area (Å²) < 4.78 is 28.9. The largest absolute Gasteiger partial charge is 0.375 e. The van der Waals surface area contributed by atoms with Crippen LogP contribution in [0.2, 0.25) is 0 Å². The molecule has 0 amide bonds. The van der Waals surface area contributed by atoms with Crippen molar-refractivity contribution in [2.24, 2.45) is 0 Å². The van der Waals surface area contributed by atoms with Crippen molar-refractivity contribution in [3.05, 3.63) is 23.1 Å². The first-order chi connectivity index (χ1) is 9.79. The van der Waals surface area contributed by atoms with E-state index in [1.165, 1.54) is 0 Å². The van der Waals surface area contributed by atoms with Crippen molar-refractivity contribution in [2.45, 2.75) is 37.9 Å². The molecule has 0 aliphatic heterocycles. The second-order valence-corrected chi connectivity index (χ2v) is 7.82. The maximum atomic E-state index is 12.1. The molecule has 0 unspecified atom stereocenters. The Labute approximate surface area is 128 Å². The number of thiazole rings is 1. The fourth-order valence-electron chi connectivity index (χ4n) is 2.05. The number of nitrogens with one attached hydrogen (secondary N) is 1. The van der Waals surface area contributed by atoms with E-state index in [1.54, 1.807) is 6.92 Å². The lowest BCUT2D eigenvalue weighted by Crippen LogP contribution is -2.25. The summed E-state index contributed by atoms with van der Waals surface area (Å²) in [5.74, 6) is 0. The molecule has 7 nitrogen and oxygen atoms in total. The van der Waals surface area contributed by atoms with Crippen molar-refractivity contribution in [2.75, 3.05) is 12.3 Å². The molecule has 2 rings (SSSR count). The SMILES string of the molecule is Cc1cc(C)n(CCCNS(=O)(=O)c2sc(N)nc2C)n1. The first kappa shape index (κ1) is 15.9. The van der Waals surface area contributed by atoms with Crippen molar-refractivity contribution in [3.63, 3.8) is 0 Å². The van der Waals surface area contributed by atoms with Gasteiger partial charge in [-0.05, 0) is 33.3 Å². The molecule has 2 heterocycles. The van der Waals surface area contributed by atoms with Crippen molar-refractivity contribution >= 4 is 26.5 Å². The van der Waals surface area contributed by atoms with Gasteiger partial charge in [-0.1, -0.05) is 11.3 Å². The molecule has 0 radical (unpaired) electrons. The van der Waals surface area contributed by atoms with Crippen LogP contribution >= 0.6 is 11.3 Å². The van der Waals surface area contributed by atoms with Crippen LogP contribution in [0.5, 0.6) is 0 Å². The molecule has 116 valence electrons. The van der Waals surface area contributed by atoms with Gasteiger partial charge >= 0.3 is 0 Å². The van der Waals surface area contributed by atoms with Crippen LogP contribution in [0.25, 0.3) is 0 Å². The number of anilines is 1. The highest BCUT2D eigenvalue weighted by atomic mass is 32.2. The highest BCUT2D eigenvalue weighted by molar-refractivity contribution is 7.91. The average Bonchev–Trinajstić information content (AvgIpc) is 2.87. The van der Waals surface area contributed by atoms with Gasteiger partial charge in [0.05, 0.1) is 11.4 Å². The molecule has 3 N–H and O–H groups in total. The number of rotatable bonds is 6. The predicted octanol–water partition coefficient (Wildman–Crippen LogP) is 1.22. The van der Waals surface area contributed by atoms with E-state index < -0.39 is 10.0 Å². The summed E-state index contributed by atoms with van der Waals surface area (Å²) in [6, 6.07) is 1.99. The van der Waals surface area contributed by atoms with Crippen LogP contribution in [-0.4, -0.2) is 29.7 Å². The number of nitrogens with zero attached hydrogens (tertiary/aromatic N) is 3. The lowest BCUT2D eigenvalue weighted by molar-refractivity contribution is 0.544. The number of aryl methyl sites for hydroxylation is 4. The molecule has 0 fully saturated rings. The third-order valence-corrected chi connectivity index (χ3v) is 6.01. The Morgan fingerprint density at radius 3 is 2.62 bits per heavy atom. The summed E-state index contributed by atoms with van der Waals surface area (Å²) in [7, 11) is -3.53. The van der Waals surface area contributed by atoms with Gasteiger partial charge in [-0.25, -0.2) is 18.1 Å². The van der Waals surface area contributed by atoms with E-state index in [1.807, 2.05) is 24.6 Å². The van der Waals surface area contributed by atoms with E-state index in [-0.39, 0.29) is 9.34 Å². The van der Waals surface area contributed by atoms with Crippen LogP contribution in [0.1, 0.15) is 23.5 Å². The van der Waals surface area contributed by atoms with E-state index in [9.17, 15) is 8.42 Å². The predicted molar refractivity (Wildman–Crippen MR) is 82.8 cm³/mol. The van der Waals surface area contributed by atoms with Crippen LogP contribution in [0.3, 0.4) is 0 Å². The fraction of sp³-hybridized carbons (Fsp3) is 0.500. The Bertz CT molecular complexity index is 733. The molecule has 0 saturated carbocycles. The van der Waals surface area contributed by atoms with E-state index in [2.05, 4.69) is 14.8 Å². The number of nitrogens with two attached hydrogens (primary N) is 1. The van der Waals surface area contributed by atoms with Gasteiger partial charge in [0, 0.05) is 18.8 Å². The zero-order valence-corrected chi connectivity index (χ0v) is 13.9. The van der Waals surface area contributed by atoms with Gasteiger partial charge in [0.2, 0.25) is 0 Å². The minimum Gasteiger partial charge on any atom is -0.375 e. The molecule has 2 aromatic rings. The monoisotopic (exact) mass is 329 g/mol. The first-order valence-corrected chi connectivity index (χ1v) is 8.83. The van der Waals surface area contributed by atoms with Crippen LogP contribution in [0, 0.1) is 20.8 Å². The van der Waals surface area contributed by atoms with Gasteiger partial charge in [-0.2, -0.15) is 5.10 Å². The molecule has 0 aromatic carbocycles. The van der Waals surface area contributed by atoms with Gasteiger partial charge in [0.15, 0.2) is 9.34 Å². The van der Waals surface area contributed by atoms with Crippen LogP contribution in [-0.2, 0) is 16.6 Å². The number of sulfonamides is 1. The molecule has 0 aliphatic rings. The van der Waals surface area contributed by atoms with E-state index in [0.717, 1.165) is 22.7 Å². The lowest BCUT2D eigenvalue weighted by Gasteiger charge is -2.06. The molecular weight excluding hydrogens is 310 g/mol. The summed E-state index contributed by atoms with van der Waals surface area (Å²) in [5, 5.41) is 4.59. The van der Waals surface area contributed by atoms with Crippen molar-refractivity contribution in [3.8, 4) is 0 Å². The van der Waals surface area contributed by atoms with Gasteiger partial charge in [0.25, 0.3) is 10.0 Å². The van der Waals surface area contributed by atoms with E-state index in [4.69, 9.17) is 5.73 Å². The zero-order chi connectivity index (χ0) is 15.6. The second kappa shape index (κ2) is 6.12. The Hall–Kier alpha value is -1.45. The maximum Gasteiger partial charge on any atom is 0.252 e. The van der Waals surface area contributed by atoms with Crippen molar-refractivity contribution in [1.82, 2.24) is 19.5 Å². The van der Waals surface area contributed by atoms with Crippen molar-refractivity contribution in [1.29, 1.82) is 0 Å². The molecule has 0 aliphatic carbocycles. The van der Waals surface area contributed by atoms with Crippen molar-refractivity contribution < 1.29 is 8.42 Å². The minimum atomic E-state index is -3.53. The standard InChI is InChI=1S/C12H19N5O2S2/c1-8-7-9(2)17(16-8)6-4-5-14-21(18,19)11-10(3)15-12(13)20-11/h7,14H,4-6H2,1-3H3,(H2,13,15). The Kier molecular flexibility index (Phi) is 4.64. The summed E-state index contributed by atoms with van der Waals surface area (Å²) in [4.78, 5) is 3.93. The highest BCUT2D eigenvalue weighted by Gasteiger charge is 2.20. The molecule has 9 heteroatoms. The average molecular weight is 329 g/mol. The van der Waals surface area contributed by atoms with Gasteiger partial charge < -0.3 is 5.73 Å². The number of hydrogen-bond acceptors (Lipinski definition) is 6. The van der Waals surface area contributed by atoms with Gasteiger partial charge in [-0.15, -0.1) is 0 Å². The third kappa shape index (κ3) is 3.80. The zero-order valence-electron chi connectivity index (χ0n) is 12.3. The number of aromatic nitrogens is 3. The Morgan fingerprint density at radius 1 is 1.38 bits per heavy atom. The molecule has 0 bridgehead atoms. The lowest BCUT2D eigenvalue weighted by atomic mass is 10.4. The summed E-state index contributed by atoms with van der Waals surface area (Å²) >= 11 is 0.980. The van der Waals surface area contributed by atoms with E-state index in [0.29, 0.717) is 25.2 Å². The normalized spacial score (nSPS) is 12.0. The Morgan fingerprint density at radius 2 is 2.10 bits per heavy atom. The number of hydrogen-bond donors (Lipinski definition) is 2. The maximum absolute atomic E-state index is 12.1. The summed E-state index contributed by atoms with van der Waals surface area (Å²) in [6.45, 7) is 6.57. The third-order valence-electron chi connectivity index (χ3n) is 2.96. The molecule has 0 spiro atoms. The second-order valence-electron chi connectivity index (χ2n) is 4.83. The molecule has 2 aromatic heterocycles. The minimum absolute atomic E-state index is 0.186. The molecule has 0 saturated heterocycles. The molecule has 0 atom stereocenters. The molecule has 21 heavy (non-hydrogen) atoms. The Balaban J connectivity index is 1.91. The fourth-order valence-corrected chi connectivity index (χ4v) is 4.47. The van der Waals surface area contributed by atoms with Gasteiger partial charge in [0.1, 0.15) is 0 Å². The van der Waals surface area contributed by atoms with Gasteiger partial charge in [-0.3, -0.25) is 4.68 Å². The smallest absolute Gasteiger partial charge is 0.252 e. The van der Waals surface area contributed by atoms with Crippen LogP contribution in [0.15, 0.2) is 10.3 Å². The first-order valence-electron chi connectivity index (χ1n) is 6.53. The summed E-state index contributed by atoms with van der Waals surface area (Å²) in [6.07, 6.45) is 0.661. The summed E-state index contributed by atoms with van der Waals surface area (Å²) in [5.41, 5.74) is 8.00. The molecular formula is C12H19N5O2S2. The number of nitrogen functional groups attached to an aromatic ring is 1.